The highest BCUT2D eigenvalue weighted by Crippen LogP contribution is 2.24. The highest BCUT2D eigenvalue weighted by Gasteiger charge is 2.22. The molecule has 0 aliphatic carbocycles. The van der Waals surface area contributed by atoms with Gasteiger partial charge in [-0.3, -0.25) is 4.68 Å². The molecule has 20 heavy (non-hydrogen) atoms. The van der Waals surface area contributed by atoms with Gasteiger partial charge < -0.3 is 5.11 Å². The average molecular weight is 272 g/mol. The van der Waals surface area contributed by atoms with Crippen LogP contribution in [0.2, 0.25) is 0 Å². The van der Waals surface area contributed by atoms with Crippen molar-refractivity contribution in [2.45, 2.75) is 46.8 Å². The van der Waals surface area contributed by atoms with Crippen molar-refractivity contribution >= 4 is 0 Å². The molecule has 1 unspecified atom stereocenters. The molecule has 0 bridgehead atoms. The maximum Gasteiger partial charge on any atom is 0.0682 e. The number of hydrogen-bond acceptors (Lipinski definition) is 2. The van der Waals surface area contributed by atoms with Crippen molar-refractivity contribution in [3.63, 3.8) is 0 Å². The Kier molecular flexibility index (Phi) is 4.29. The number of aliphatic hydroxyl groups excluding tert-OH is 1. The van der Waals surface area contributed by atoms with Crippen molar-refractivity contribution in [2.24, 2.45) is 5.41 Å². The van der Waals surface area contributed by atoms with E-state index in [4.69, 9.17) is 0 Å². The van der Waals surface area contributed by atoms with Crippen LogP contribution in [0.1, 0.15) is 33.3 Å². The van der Waals surface area contributed by atoms with Crippen molar-refractivity contribution in [3.05, 3.63) is 42.1 Å². The van der Waals surface area contributed by atoms with Crippen molar-refractivity contribution in [1.82, 2.24) is 9.78 Å². The van der Waals surface area contributed by atoms with Crippen LogP contribution in [0.25, 0.3) is 11.3 Å². The highest BCUT2D eigenvalue weighted by atomic mass is 16.3. The minimum absolute atomic E-state index is 0.0838. The van der Waals surface area contributed by atoms with E-state index in [0.29, 0.717) is 6.42 Å². The Morgan fingerprint density at radius 2 is 1.80 bits per heavy atom. The van der Waals surface area contributed by atoms with Gasteiger partial charge in [0.2, 0.25) is 0 Å². The Morgan fingerprint density at radius 3 is 2.35 bits per heavy atom. The van der Waals surface area contributed by atoms with Crippen molar-refractivity contribution < 1.29 is 5.11 Å². The summed E-state index contributed by atoms with van der Waals surface area (Å²) in [4.78, 5) is 0. The van der Waals surface area contributed by atoms with Crippen LogP contribution in [-0.2, 0) is 13.0 Å². The number of hydrogen-bond donors (Lipinski definition) is 1. The molecule has 2 rings (SSSR count). The van der Waals surface area contributed by atoms with E-state index in [1.165, 1.54) is 11.1 Å². The highest BCUT2D eigenvalue weighted by molar-refractivity contribution is 5.59. The smallest absolute Gasteiger partial charge is 0.0682 e. The van der Waals surface area contributed by atoms with E-state index in [1.807, 2.05) is 16.9 Å². The van der Waals surface area contributed by atoms with E-state index in [1.54, 1.807) is 0 Å². The second-order valence-electron chi connectivity index (χ2n) is 6.32. The lowest BCUT2D eigenvalue weighted by Gasteiger charge is -2.25. The van der Waals surface area contributed by atoms with Gasteiger partial charge in [-0.25, -0.2) is 0 Å². The second-order valence-corrected chi connectivity index (χ2v) is 6.32. The van der Waals surface area contributed by atoms with Gasteiger partial charge in [0.25, 0.3) is 0 Å². The molecule has 1 aromatic heterocycles. The summed E-state index contributed by atoms with van der Waals surface area (Å²) < 4.78 is 1.99. The number of aromatic nitrogens is 2. The molecule has 0 saturated heterocycles. The topological polar surface area (TPSA) is 38.0 Å². The fourth-order valence-electron chi connectivity index (χ4n) is 2.17. The molecule has 0 radical (unpaired) electrons. The van der Waals surface area contributed by atoms with Crippen LogP contribution in [-0.4, -0.2) is 21.0 Å². The van der Waals surface area contributed by atoms with E-state index in [9.17, 15) is 5.11 Å². The Morgan fingerprint density at radius 1 is 1.15 bits per heavy atom. The van der Waals surface area contributed by atoms with E-state index in [0.717, 1.165) is 12.2 Å². The van der Waals surface area contributed by atoms with Crippen LogP contribution in [0.5, 0.6) is 0 Å². The molecule has 0 aliphatic heterocycles. The average Bonchev–Trinajstić information content (AvgIpc) is 2.86. The summed E-state index contributed by atoms with van der Waals surface area (Å²) in [6.45, 7) is 9.14. The number of nitrogens with zero attached hydrogens (tertiary/aromatic N) is 2. The van der Waals surface area contributed by atoms with Gasteiger partial charge >= 0.3 is 0 Å². The molecule has 1 N–H and O–H groups in total. The third kappa shape index (κ3) is 3.28. The molecular weight excluding hydrogens is 248 g/mol. The number of rotatable bonds is 4. The first-order chi connectivity index (χ1) is 9.41. The van der Waals surface area contributed by atoms with Crippen LogP contribution in [0.15, 0.2) is 36.5 Å². The van der Waals surface area contributed by atoms with E-state index >= 15 is 0 Å². The third-order valence-corrected chi connectivity index (χ3v) is 3.69. The fraction of sp³-hybridized carbons (Fsp3) is 0.471. The van der Waals surface area contributed by atoms with Crippen molar-refractivity contribution in [1.29, 1.82) is 0 Å². The fourth-order valence-corrected chi connectivity index (χ4v) is 2.17. The summed E-state index contributed by atoms with van der Waals surface area (Å²) in [5, 5.41) is 14.5. The maximum absolute atomic E-state index is 10.2. The lowest BCUT2D eigenvalue weighted by molar-refractivity contribution is 0.0636. The predicted octanol–water partition coefficient (Wildman–Crippen LogP) is 3.52. The molecule has 2 aromatic rings. The molecule has 3 heteroatoms. The Bertz CT molecular complexity index is 549. The van der Waals surface area contributed by atoms with Gasteiger partial charge in [-0.1, -0.05) is 45.0 Å². The standard InChI is InChI=1S/C17H24N2O/c1-5-19-15(10-11-18-19)14-8-6-13(7-9-14)12-16(20)17(2,3)4/h6-11,16,20H,5,12H2,1-4H3. The summed E-state index contributed by atoms with van der Waals surface area (Å²) in [6, 6.07) is 10.4. The van der Waals surface area contributed by atoms with Gasteiger partial charge in [0, 0.05) is 12.7 Å². The summed E-state index contributed by atoms with van der Waals surface area (Å²) in [5.41, 5.74) is 3.38. The Balaban J connectivity index is 2.15. The number of aliphatic hydroxyl groups is 1. The minimum Gasteiger partial charge on any atom is -0.392 e. The first-order valence-electron chi connectivity index (χ1n) is 7.21. The van der Waals surface area contributed by atoms with Crippen LogP contribution < -0.4 is 0 Å². The third-order valence-electron chi connectivity index (χ3n) is 3.69. The summed E-state index contributed by atoms with van der Waals surface area (Å²) in [6.07, 6.45) is 2.20. The molecule has 0 saturated carbocycles. The van der Waals surface area contributed by atoms with Gasteiger partial charge in [0.1, 0.15) is 0 Å². The monoisotopic (exact) mass is 272 g/mol. The summed E-state index contributed by atoms with van der Waals surface area (Å²) in [5.74, 6) is 0. The molecule has 0 spiro atoms. The van der Waals surface area contributed by atoms with Crippen molar-refractivity contribution in [2.75, 3.05) is 0 Å². The zero-order valence-corrected chi connectivity index (χ0v) is 12.8. The van der Waals surface area contributed by atoms with E-state index < -0.39 is 0 Å². The Labute approximate surface area is 121 Å². The van der Waals surface area contributed by atoms with Gasteiger partial charge in [0.15, 0.2) is 0 Å². The van der Waals surface area contributed by atoms with Gasteiger partial charge in [0.05, 0.1) is 11.8 Å². The van der Waals surface area contributed by atoms with E-state index in [-0.39, 0.29) is 11.5 Å². The molecule has 1 atom stereocenters. The second kappa shape index (κ2) is 5.80. The van der Waals surface area contributed by atoms with Gasteiger partial charge in [-0.15, -0.1) is 0 Å². The molecule has 0 aliphatic rings. The summed E-state index contributed by atoms with van der Waals surface area (Å²) >= 11 is 0. The molecule has 3 nitrogen and oxygen atoms in total. The van der Waals surface area contributed by atoms with E-state index in [2.05, 4.69) is 57.1 Å². The van der Waals surface area contributed by atoms with Crippen molar-refractivity contribution in [3.8, 4) is 11.3 Å². The first-order valence-corrected chi connectivity index (χ1v) is 7.21. The SMILES string of the molecule is CCn1nccc1-c1ccc(CC(O)C(C)(C)C)cc1. The number of benzene rings is 1. The molecule has 108 valence electrons. The van der Waals surface area contributed by atoms with Crippen LogP contribution in [0.3, 0.4) is 0 Å². The molecule has 0 fully saturated rings. The first kappa shape index (κ1) is 14.8. The molecule has 0 amide bonds. The van der Waals surface area contributed by atoms with Crippen LogP contribution in [0.4, 0.5) is 0 Å². The number of aryl methyl sites for hydroxylation is 1. The molecule has 1 heterocycles. The zero-order valence-electron chi connectivity index (χ0n) is 12.8. The predicted molar refractivity (Wildman–Crippen MR) is 82.5 cm³/mol. The lowest BCUT2D eigenvalue weighted by Crippen LogP contribution is -2.28. The maximum atomic E-state index is 10.2. The molecule has 1 aromatic carbocycles. The van der Waals surface area contributed by atoms with Gasteiger partial charge in [-0.05, 0) is 36.0 Å². The largest absolute Gasteiger partial charge is 0.392 e. The lowest BCUT2D eigenvalue weighted by atomic mass is 9.85. The summed E-state index contributed by atoms with van der Waals surface area (Å²) in [7, 11) is 0. The molecular formula is C17H24N2O. The quantitative estimate of drug-likeness (QED) is 0.924. The van der Waals surface area contributed by atoms with Gasteiger partial charge in [-0.2, -0.15) is 5.10 Å². The van der Waals surface area contributed by atoms with Crippen LogP contribution >= 0.6 is 0 Å². The van der Waals surface area contributed by atoms with Crippen LogP contribution in [0, 0.1) is 5.41 Å². The Hall–Kier alpha value is -1.61. The minimum atomic E-state index is -0.325. The normalized spacial score (nSPS) is 13.4. The zero-order chi connectivity index (χ0) is 14.8.